The number of nitrogens with two attached hydrogens (primary N) is 1. The van der Waals surface area contributed by atoms with Gasteiger partial charge in [-0.05, 0) is 43.4 Å². The Labute approximate surface area is 97.3 Å². The molecular weight excluding hydrogens is 213 g/mol. The maximum absolute atomic E-state index is 13.3. The van der Waals surface area contributed by atoms with E-state index in [9.17, 15) is 4.39 Å². The van der Waals surface area contributed by atoms with E-state index in [-0.39, 0.29) is 24.3 Å². The van der Waals surface area contributed by atoms with Crippen LogP contribution in [0.1, 0.15) is 30.0 Å². The van der Waals surface area contributed by atoms with Crippen LogP contribution < -0.4 is 5.73 Å². The normalized spacial score (nSPS) is 12.1. The summed E-state index contributed by atoms with van der Waals surface area (Å²) in [7, 11) is 0. The Hall–Kier alpha value is -0.600. The third-order valence-electron chi connectivity index (χ3n) is 2.52. The number of halogens is 2. The van der Waals surface area contributed by atoms with E-state index >= 15 is 0 Å². The molecule has 0 saturated carbocycles. The molecule has 0 aliphatic rings. The summed E-state index contributed by atoms with van der Waals surface area (Å²) in [4.78, 5) is 0. The van der Waals surface area contributed by atoms with Crippen LogP contribution in [0.4, 0.5) is 4.39 Å². The Morgan fingerprint density at radius 1 is 1.27 bits per heavy atom. The molecule has 1 aromatic carbocycles. The summed E-state index contributed by atoms with van der Waals surface area (Å²) >= 11 is 0. The average Bonchev–Trinajstić information content (AvgIpc) is 2.14. The van der Waals surface area contributed by atoms with Crippen molar-refractivity contribution in [2.75, 3.05) is 0 Å². The standard InChI is InChI=1S/C12H18FN.ClH/c1-4-11(14)7-10-5-8(2)12(13)9(3)6-10;/h5-6,11H,4,7,14H2,1-3H3;1H. The lowest BCUT2D eigenvalue weighted by atomic mass is 10.00. The lowest BCUT2D eigenvalue weighted by Crippen LogP contribution is -2.21. The average molecular weight is 232 g/mol. The maximum atomic E-state index is 13.3. The van der Waals surface area contributed by atoms with Crippen molar-refractivity contribution in [3.8, 4) is 0 Å². The SMILES string of the molecule is CCC(N)Cc1cc(C)c(F)c(C)c1.Cl. The largest absolute Gasteiger partial charge is 0.327 e. The minimum Gasteiger partial charge on any atom is -0.327 e. The van der Waals surface area contributed by atoms with Crippen molar-refractivity contribution in [1.29, 1.82) is 0 Å². The Morgan fingerprint density at radius 3 is 2.13 bits per heavy atom. The topological polar surface area (TPSA) is 26.0 Å². The van der Waals surface area contributed by atoms with Crippen LogP contribution in [0, 0.1) is 19.7 Å². The van der Waals surface area contributed by atoms with Crippen LogP contribution >= 0.6 is 12.4 Å². The summed E-state index contributed by atoms with van der Waals surface area (Å²) in [6, 6.07) is 3.95. The summed E-state index contributed by atoms with van der Waals surface area (Å²) in [5.41, 5.74) is 8.41. The highest BCUT2D eigenvalue weighted by molar-refractivity contribution is 5.85. The van der Waals surface area contributed by atoms with Gasteiger partial charge in [-0.25, -0.2) is 4.39 Å². The summed E-state index contributed by atoms with van der Waals surface area (Å²) in [6.45, 7) is 5.65. The molecule has 1 unspecified atom stereocenters. The first-order valence-corrected chi connectivity index (χ1v) is 5.05. The van der Waals surface area contributed by atoms with Crippen LogP contribution in [-0.4, -0.2) is 6.04 Å². The minimum atomic E-state index is -0.0983. The molecule has 15 heavy (non-hydrogen) atoms. The first-order chi connectivity index (χ1) is 6.54. The number of rotatable bonds is 3. The van der Waals surface area contributed by atoms with E-state index in [1.54, 1.807) is 13.8 Å². The second-order valence-electron chi connectivity index (χ2n) is 3.92. The van der Waals surface area contributed by atoms with Gasteiger partial charge in [-0.1, -0.05) is 19.1 Å². The Balaban J connectivity index is 0.00000196. The van der Waals surface area contributed by atoms with Gasteiger partial charge in [0.15, 0.2) is 0 Å². The first kappa shape index (κ1) is 14.4. The quantitative estimate of drug-likeness (QED) is 0.850. The summed E-state index contributed by atoms with van der Waals surface area (Å²) < 4.78 is 13.3. The molecule has 0 bridgehead atoms. The Morgan fingerprint density at radius 2 is 1.73 bits per heavy atom. The van der Waals surface area contributed by atoms with E-state index in [1.807, 2.05) is 12.1 Å². The molecule has 0 spiro atoms. The molecule has 0 amide bonds. The zero-order valence-electron chi connectivity index (χ0n) is 9.51. The molecule has 0 aliphatic carbocycles. The van der Waals surface area contributed by atoms with E-state index < -0.39 is 0 Å². The van der Waals surface area contributed by atoms with Gasteiger partial charge >= 0.3 is 0 Å². The molecule has 3 heteroatoms. The van der Waals surface area contributed by atoms with Gasteiger partial charge in [0.05, 0.1) is 0 Å². The van der Waals surface area contributed by atoms with Crippen molar-refractivity contribution in [2.24, 2.45) is 5.73 Å². The molecule has 1 nitrogen and oxygen atoms in total. The number of aryl methyl sites for hydroxylation is 2. The van der Waals surface area contributed by atoms with Crippen LogP contribution in [0.5, 0.6) is 0 Å². The lowest BCUT2D eigenvalue weighted by molar-refractivity contribution is 0.604. The fraction of sp³-hybridized carbons (Fsp3) is 0.500. The molecule has 86 valence electrons. The Kier molecular flexibility index (Phi) is 5.84. The van der Waals surface area contributed by atoms with Crippen molar-refractivity contribution < 1.29 is 4.39 Å². The molecule has 1 aromatic rings. The van der Waals surface area contributed by atoms with E-state index in [4.69, 9.17) is 5.73 Å². The molecule has 0 aromatic heterocycles. The summed E-state index contributed by atoms with van der Waals surface area (Å²) in [5, 5.41) is 0. The van der Waals surface area contributed by atoms with Crippen LogP contribution in [-0.2, 0) is 6.42 Å². The van der Waals surface area contributed by atoms with Crippen LogP contribution in [0.25, 0.3) is 0 Å². The van der Waals surface area contributed by atoms with E-state index in [0.717, 1.165) is 18.4 Å². The van der Waals surface area contributed by atoms with Gasteiger partial charge in [0, 0.05) is 6.04 Å². The molecule has 0 heterocycles. The highest BCUT2D eigenvalue weighted by Crippen LogP contribution is 2.16. The molecule has 0 radical (unpaired) electrons. The van der Waals surface area contributed by atoms with Crippen molar-refractivity contribution in [3.63, 3.8) is 0 Å². The van der Waals surface area contributed by atoms with Crippen LogP contribution in [0.2, 0.25) is 0 Å². The molecule has 1 rings (SSSR count). The fourth-order valence-electron chi connectivity index (χ4n) is 1.60. The monoisotopic (exact) mass is 231 g/mol. The summed E-state index contributed by atoms with van der Waals surface area (Å²) in [6.07, 6.45) is 1.79. The smallest absolute Gasteiger partial charge is 0.129 e. The second kappa shape index (κ2) is 6.09. The molecular formula is C12H19ClFN. The van der Waals surface area contributed by atoms with Crippen molar-refractivity contribution >= 4 is 12.4 Å². The minimum absolute atomic E-state index is 0. The third kappa shape index (κ3) is 3.80. The van der Waals surface area contributed by atoms with Crippen molar-refractivity contribution in [1.82, 2.24) is 0 Å². The number of hydrogen-bond donors (Lipinski definition) is 1. The number of hydrogen-bond acceptors (Lipinski definition) is 1. The van der Waals surface area contributed by atoms with E-state index in [1.165, 1.54) is 0 Å². The molecule has 0 fully saturated rings. The van der Waals surface area contributed by atoms with Gasteiger partial charge in [-0.3, -0.25) is 0 Å². The highest BCUT2D eigenvalue weighted by atomic mass is 35.5. The predicted octanol–water partition coefficient (Wildman–Crippen LogP) is 3.14. The summed E-state index contributed by atoms with van der Waals surface area (Å²) in [5.74, 6) is -0.0983. The van der Waals surface area contributed by atoms with Gasteiger partial charge in [0.1, 0.15) is 5.82 Å². The Bertz CT molecular complexity index is 302. The van der Waals surface area contributed by atoms with Crippen molar-refractivity contribution in [3.05, 3.63) is 34.6 Å². The zero-order valence-corrected chi connectivity index (χ0v) is 10.3. The van der Waals surface area contributed by atoms with Gasteiger partial charge < -0.3 is 5.73 Å². The lowest BCUT2D eigenvalue weighted by Gasteiger charge is -2.11. The number of benzene rings is 1. The molecule has 1 atom stereocenters. The molecule has 0 saturated heterocycles. The van der Waals surface area contributed by atoms with E-state index in [2.05, 4.69) is 6.92 Å². The van der Waals surface area contributed by atoms with Gasteiger partial charge in [-0.15, -0.1) is 12.4 Å². The highest BCUT2D eigenvalue weighted by Gasteiger charge is 2.06. The maximum Gasteiger partial charge on any atom is 0.129 e. The van der Waals surface area contributed by atoms with Gasteiger partial charge in [-0.2, -0.15) is 0 Å². The second-order valence-corrected chi connectivity index (χ2v) is 3.92. The van der Waals surface area contributed by atoms with Gasteiger partial charge in [0.25, 0.3) is 0 Å². The van der Waals surface area contributed by atoms with Gasteiger partial charge in [0.2, 0.25) is 0 Å². The third-order valence-corrected chi connectivity index (χ3v) is 2.52. The van der Waals surface area contributed by atoms with E-state index in [0.29, 0.717) is 11.1 Å². The first-order valence-electron chi connectivity index (χ1n) is 5.05. The zero-order chi connectivity index (χ0) is 10.7. The van der Waals surface area contributed by atoms with Crippen LogP contribution in [0.15, 0.2) is 12.1 Å². The molecule has 2 N–H and O–H groups in total. The fourth-order valence-corrected chi connectivity index (χ4v) is 1.60. The molecule has 0 aliphatic heterocycles. The predicted molar refractivity (Wildman–Crippen MR) is 65.1 cm³/mol. The van der Waals surface area contributed by atoms with Crippen LogP contribution in [0.3, 0.4) is 0 Å². The van der Waals surface area contributed by atoms with Crippen molar-refractivity contribution in [2.45, 2.75) is 39.7 Å².